The molecule has 1 aromatic rings. The van der Waals surface area contributed by atoms with Gasteiger partial charge >= 0.3 is 0 Å². The molecular weight excluding hydrogens is 240 g/mol. The van der Waals surface area contributed by atoms with Gasteiger partial charge in [0.15, 0.2) is 9.84 Å². The number of hydrogen-bond donors (Lipinski definition) is 1. The van der Waals surface area contributed by atoms with Crippen LogP contribution in [0.2, 0.25) is 0 Å². The van der Waals surface area contributed by atoms with Crippen molar-refractivity contribution in [2.45, 2.75) is 23.8 Å². The molecule has 1 fully saturated rings. The summed E-state index contributed by atoms with van der Waals surface area (Å²) >= 11 is 0. The first-order valence-corrected chi connectivity index (χ1v) is 7.05. The van der Waals surface area contributed by atoms with Crippen molar-refractivity contribution in [3.63, 3.8) is 0 Å². The maximum atomic E-state index is 12.4. The molecule has 1 N–H and O–H groups in total. The molecule has 0 spiro atoms. The second-order valence-electron chi connectivity index (χ2n) is 4.63. The molecule has 17 heavy (non-hydrogen) atoms. The van der Waals surface area contributed by atoms with Crippen LogP contribution in [0, 0.1) is 0 Å². The Balaban J connectivity index is 2.49. The molecule has 0 aromatic heterocycles. The lowest BCUT2D eigenvalue weighted by atomic mass is 9.96. The summed E-state index contributed by atoms with van der Waals surface area (Å²) in [6.07, 6.45) is 0. The van der Waals surface area contributed by atoms with Crippen LogP contribution >= 0.6 is 0 Å². The van der Waals surface area contributed by atoms with Gasteiger partial charge in [0, 0.05) is 0 Å². The molecule has 0 aliphatic carbocycles. The van der Waals surface area contributed by atoms with Gasteiger partial charge in [-0.2, -0.15) is 0 Å². The van der Waals surface area contributed by atoms with E-state index in [1.54, 1.807) is 26.0 Å². The zero-order chi connectivity index (χ0) is 12.7. The molecule has 5 heteroatoms. The third-order valence-corrected chi connectivity index (χ3v) is 6.03. The number of ether oxygens (including phenoxy) is 1. The number of sulfone groups is 1. The van der Waals surface area contributed by atoms with Crippen molar-refractivity contribution in [2.24, 2.45) is 0 Å². The van der Waals surface area contributed by atoms with Crippen LogP contribution in [0.4, 0.5) is 0 Å². The minimum Gasteiger partial charge on any atom is -0.508 e. The van der Waals surface area contributed by atoms with Gasteiger partial charge in [0.05, 0.1) is 18.5 Å². The third kappa shape index (κ3) is 1.73. The fourth-order valence-corrected chi connectivity index (χ4v) is 3.86. The molecule has 0 unspecified atom stereocenters. The Bertz CT molecular complexity index is 498. The molecule has 0 bridgehead atoms. The van der Waals surface area contributed by atoms with Crippen molar-refractivity contribution in [3.8, 4) is 5.75 Å². The van der Waals surface area contributed by atoms with Crippen molar-refractivity contribution < 1.29 is 18.3 Å². The van der Waals surface area contributed by atoms with Crippen LogP contribution in [-0.4, -0.2) is 32.0 Å². The average Bonchev–Trinajstić information content (AvgIpc) is 2.18. The molecule has 1 heterocycles. The molecule has 1 aliphatic heterocycles. The van der Waals surface area contributed by atoms with E-state index < -0.39 is 19.8 Å². The molecule has 2 rings (SSSR count). The van der Waals surface area contributed by atoms with Gasteiger partial charge in [0.1, 0.15) is 10.5 Å². The zero-order valence-electron chi connectivity index (χ0n) is 9.88. The lowest BCUT2D eigenvalue weighted by Crippen LogP contribution is -2.55. The first kappa shape index (κ1) is 12.4. The smallest absolute Gasteiger partial charge is 0.167 e. The molecular formula is C12H16O4S. The van der Waals surface area contributed by atoms with Crippen LogP contribution < -0.4 is 0 Å². The molecule has 4 nitrogen and oxygen atoms in total. The number of aromatic hydroxyl groups is 1. The molecule has 1 aliphatic rings. The van der Waals surface area contributed by atoms with Crippen molar-refractivity contribution in [1.82, 2.24) is 0 Å². The molecule has 0 amide bonds. The zero-order valence-corrected chi connectivity index (χ0v) is 10.7. The molecule has 94 valence electrons. The Labute approximate surface area is 101 Å². The summed E-state index contributed by atoms with van der Waals surface area (Å²) in [5.41, 5.74) is 0.690. The maximum absolute atomic E-state index is 12.4. The van der Waals surface area contributed by atoms with E-state index in [2.05, 4.69) is 0 Å². The number of phenols is 1. The Morgan fingerprint density at radius 3 is 2.12 bits per heavy atom. The van der Waals surface area contributed by atoms with Crippen molar-refractivity contribution in [1.29, 1.82) is 0 Å². The van der Waals surface area contributed by atoms with Gasteiger partial charge in [-0.3, -0.25) is 0 Å². The van der Waals surface area contributed by atoms with Crippen LogP contribution in [0.1, 0.15) is 19.4 Å². The first-order chi connectivity index (χ1) is 7.90. The third-order valence-electron chi connectivity index (χ3n) is 3.23. The molecule has 1 aromatic carbocycles. The van der Waals surface area contributed by atoms with E-state index in [1.807, 2.05) is 0 Å². The van der Waals surface area contributed by atoms with Crippen molar-refractivity contribution in [2.75, 3.05) is 13.2 Å². The van der Waals surface area contributed by atoms with E-state index >= 15 is 0 Å². The summed E-state index contributed by atoms with van der Waals surface area (Å²) in [4.78, 5) is 0. The predicted octanol–water partition coefficient (Wildman–Crippen LogP) is 1.44. The SMILES string of the molecule is CC(C)S(=O)(=O)C1(c2ccc(O)cc2)COC1. The summed E-state index contributed by atoms with van der Waals surface area (Å²) < 4.78 is 28.9. The average molecular weight is 256 g/mol. The summed E-state index contributed by atoms with van der Waals surface area (Å²) in [6.45, 7) is 3.74. The minimum absolute atomic E-state index is 0.131. The van der Waals surface area contributed by atoms with E-state index in [4.69, 9.17) is 4.74 Å². The van der Waals surface area contributed by atoms with Gasteiger partial charge in [-0.05, 0) is 31.5 Å². The quantitative estimate of drug-likeness (QED) is 0.889. The largest absolute Gasteiger partial charge is 0.508 e. The van der Waals surface area contributed by atoms with Crippen LogP contribution in [0.5, 0.6) is 5.75 Å². The number of phenolic OH excluding ortho intramolecular Hbond substituents is 1. The molecule has 0 radical (unpaired) electrons. The van der Waals surface area contributed by atoms with Gasteiger partial charge in [-0.15, -0.1) is 0 Å². The van der Waals surface area contributed by atoms with Gasteiger partial charge < -0.3 is 9.84 Å². The summed E-state index contributed by atoms with van der Waals surface area (Å²) in [5, 5.41) is 8.80. The summed E-state index contributed by atoms with van der Waals surface area (Å²) in [5.74, 6) is 0.131. The van der Waals surface area contributed by atoms with Gasteiger partial charge in [0.2, 0.25) is 0 Å². The minimum atomic E-state index is -3.27. The van der Waals surface area contributed by atoms with Gasteiger partial charge in [0.25, 0.3) is 0 Å². The Hall–Kier alpha value is -1.07. The van der Waals surface area contributed by atoms with E-state index in [9.17, 15) is 13.5 Å². The highest BCUT2D eigenvalue weighted by molar-refractivity contribution is 7.93. The van der Waals surface area contributed by atoms with Crippen LogP contribution in [0.3, 0.4) is 0 Å². The van der Waals surface area contributed by atoms with Crippen LogP contribution in [0.25, 0.3) is 0 Å². The Kier molecular flexibility index (Phi) is 2.91. The molecule has 1 saturated heterocycles. The van der Waals surface area contributed by atoms with Gasteiger partial charge in [-0.25, -0.2) is 8.42 Å². The summed E-state index contributed by atoms with van der Waals surface area (Å²) in [7, 11) is -3.27. The highest BCUT2D eigenvalue weighted by Crippen LogP contribution is 2.40. The first-order valence-electron chi connectivity index (χ1n) is 5.51. The second kappa shape index (κ2) is 3.99. The lowest BCUT2D eigenvalue weighted by Gasteiger charge is -2.42. The number of rotatable bonds is 3. The predicted molar refractivity (Wildman–Crippen MR) is 64.7 cm³/mol. The van der Waals surface area contributed by atoms with Gasteiger partial charge in [-0.1, -0.05) is 12.1 Å². The Morgan fingerprint density at radius 1 is 1.24 bits per heavy atom. The highest BCUT2D eigenvalue weighted by Gasteiger charge is 2.52. The van der Waals surface area contributed by atoms with E-state index in [0.29, 0.717) is 5.56 Å². The molecule has 0 atom stereocenters. The second-order valence-corrected chi connectivity index (χ2v) is 7.44. The lowest BCUT2D eigenvalue weighted by molar-refractivity contribution is -0.0162. The van der Waals surface area contributed by atoms with E-state index in [1.165, 1.54) is 12.1 Å². The fourth-order valence-electron chi connectivity index (χ4n) is 2.00. The Morgan fingerprint density at radius 2 is 1.76 bits per heavy atom. The van der Waals surface area contributed by atoms with Crippen molar-refractivity contribution in [3.05, 3.63) is 29.8 Å². The normalized spacial score (nSPS) is 19.0. The van der Waals surface area contributed by atoms with E-state index in [-0.39, 0.29) is 19.0 Å². The standard InChI is InChI=1S/C12H16O4S/c1-9(2)17(14,15)12(7-16-8-12)10-3-5-11(13)6-4-10/h3-6,9,13H,7-8H2,1-2H3. The molecule has 0 saturated carbocycles. The maximum Gasteiger partial charge on any atom is 0.167 e. The van der Waals surface area contributed by atoms with Crippen LogP contribution in [-0.2, 0) is 19.3 Å². The number of benzene rings is 1. The number of hydrogen-bond acceptors (Lipinski definition) is 4. The summed E-state index contributed by atoms with van der Waals surface area (Å²) in [6, 6.07) is 6.31. The van der Waals surface area contributed by atoms with Crippen molar-refractivity contribution >= 4 is 9.84 Å². The topological polar surface area (TPSA) is 63.6 Å². The monoisotopic (exact) mass is 256 g/mol. The fraction of sp³-hybridized carbons (Fsp3) is 0.500. The highest BCUT2D eigenvalue weighted by atomic mass is 32.2. The van der Waals surface area contributed by atoms with E-state index in [0.717, 1.165) is 0 Å². The van der Waals surface area contributed by atoms with Crippen LogP contribution in [0.15, 0.2) is 24.3 Å².